The predicted molar refractivity (Wildman–Crippen MR) is 165 cm³/mol. The van der Waals surface area contributed by atoms with Gasteiger partial charge in [-0.2, -0.15) is 5.10 Å². The Morgan fingerprint density at radius 3 is 2.67 bits per heavy atom. The molecule has 7 rings (SSSR count). The van der Waals surface area contributed by atoms with Crippen molar-refractivity contribution in [2.24, 2.45) is 0 Å². The average Bonchev–Trinajstić information content (AvgIpc) is 3.65. The highest BCUT2D eigenvalue weighted by Gasteiger charge is 2.22. The van der Waals surface area contributed by atoms with Gasteiger partial charge in [0.15, 0.2) is 11.5 Å². The molecule has 4 aromatic heterocycles. The minimum absolute atomic E-state index is 0.0491. The molecule has 42 heavy (non-hydrogen) atoms. The van der Waals surface area contributed by atoms with Gasteiger partial charge >= 0.3 is 0 Å². The number of anilines is 1. The van der Waals surface area contributed by atoms with Crippen LogP contribution in [0.25, 0.3) is 39.3 Å². The molecule has 1 amide bonds. The minimum atomic E-state index is -0.0491. The Bertz CT molecular complexity index is 1940. The van der Waals surface area contributed by atoms with E-state index in [0.717, 1.165) is 86.8 Å². The number of rotatable bonds is 7. The standard InChI is InChI=1S/C34H29N7O/c1-2-21-15-23(18-25(16-21)37-30(42)17-22-9-4-3-5-10-22)24-19-27-32(40-41-33(27)36-20-24)34-38-29-13-8-11-26(31(29)39-34)28-12-6-7-14-35-28/h3-7,9-12,14-16,18-20H,2,8,13,17H2,1H3,(H,37,42)(H,38,39)(H,36,40,41). The summed E-state index contributed by atoms with van der Waals surface area (Å²) in [7, 11) is 0. The molecule has 0 aliphatic heterocycles. The van der Waals surface area contributed by atoms with E-state index in [2.05, 4.69) is 55.6 Å². The smallest absolute Gasteiger partial charge is 0.228 e. The van der Waals surface area contributed by atoms with Crippen molar-refractivity contribution in [1.82, 2.24) is 30.1 Å². The van der Waals surface area contributed by atoms with Gasteiger partial charge in [-0.05, 0) is 66.3 Å². The third-order valence-corrected chi connectivity index (χ3v) is 7.59. The fourth-order valence-electron chi connectivity index (χ4n) is 5.50. The molecule has 8 nitrogen and oxygen atoms in total. The number of allylic oxidation sites excluding steroid dienone is 1. The number of benzene rings is 2. The first-order valence-corrected chi connectivity index (χ1v) is 14.2. The lowest BCUT2D eigenvalue weighted by molar-refractivity contribution is -0.115. The van der Waals surface area contributed by atoms with Gasteiger partial charge in [0.1, 0.15) is 5.69 Å². The molecule has 4 heterocycles. The van der Waals surface area contributed by atoms with Crippen LogP contribution in [0.15, 0.2) is 91.3 Å². The van der Waals surface area contributed by atoms with Crippen molar-refractivity contribution >= 4 is 28.2 Å². The number of carbonyl (C=O) groups is 1. The number of aromatic nitrogens is 6. The first-order chi connectivity index (χ1) is 20.6. The van der Waals surface area contributed by atoms with Crippen LogP contribution in [-0.4, -0.2) is 36.0 Å². The topological polar surface area (TPSA) is 112 Å². The molecule has 1 aliphatic carbocycles. The van der Waals surface area contributed by atoms with Crippen LogP contribution in [0.5, 0.6) is 0 Å². The molecule has 0 radical (unpaired) electrons. The number of aryl methyl sites for hydroxylation is 2. The maximum atomic E-state index is 12.8. The van der Waals surface area contributed by atoms with Crippen LogP contribution in [0.3, 0.4) is 0 Å². The molecule has 1 aliphatic rings. The van der Waals surface area contributed by atoms with E-state index in [1.54, 1.807) is 6.20 Å². The summed E-state index contributed by atoms with van der Waals surface area (Å²) in [5, 5.41) is 11.6. The maximum absolute atomic E-state index is 12.8. The van der Waals surface area contributed by atoms with Crippen molar-refractivity contribution in [1.29, 1.82) is 0 Å². The van der Waals surface area contributed by atoms with Crippen LogP contribution in [0.4, 0.5) is 5.69 Å². The molecule has 0 fully saturated rings. The summed E-state index contributed by atoms with van der Waals surface area (Å²) in [6.07, 6.45) is 8.81. The highest BCUT2D eigenvalue weighted by atomic mass is 16.1. The Hall–Kier alpha value is -5.37. The molecule has 2 aromatic carbocycles. The molecule has 206 valence electrons. The highest BCUT2D eigenvalue weighted by Crippen LogP contribution is 2.34. The van der Waals surface area contributed by atoms with Gasteiger partial charge in [0.25, 0.3) is 0 Å². The van der Waals surface area contributed by atoms with Crippen LogP contribution < -0.4 is 5.32 Å². The Morgan fingerprint density at radius 2 is 1.83 bits per heavy atom. The van der Waals surface area contributed by atoms with Crippen LogP contribution in [0, 0.1) is 0 Å². The number of fused-ring (bicyclic) bond motifs is 2. The number of imidazole rings is 1. The van der Waals surface area contributed by atoms with Gasteiger partial charge in [0.05, 0.1) is 23.2 Å². The van der Waals surface area contributed by atoms with Crippen LogP contribution >= 0.6 is 0 Å². The molecule has 0 saturated carbocycles. The van der Waals surface area contributed by atoms with E-state index in [0.29, 0.717) is 12.1 Å². The molecule has 6 aromatic rings. The lowest BCUT2D eigenvalue weighted by Crippen LogP contribution is -2.14. The summed E-state index contributed by atoms with van der Waals surface area (Å²) in [6, 6.07) is 23.9. The van der Waals surface area contributed by atoms with E-state index in [4.69, 9.17) is 4.98 Å². The average molecular weight is 552 g/mol. The lowest BCUT2D eigenvalue weighted by atomic mass is 9.97. The molecule has 0 atom stereocenters. The Morgan fingerprint density at radius 1 is 0.952 bits per heavy atom. The van der Waals surface area contributed by atoms with Crippen molar-refractivity contribution in [3.63, 3.8) is 0 Å². The third kappa shape index (κ3) is 4.99. The monoisotopic (exact) mass is 551 g/mol. The van der Waals surface area contributed by atoms with Crippen molar-refractivity contribution in [2.45, 2.75) is 32.6 Å². The second-order valence-electron chi connectivity index (χ2n) is 10.5. The van der Waals surface area contributed by atoms with Gasteiger partial charge in [0.2, 0.25) is 5.91 Å². The second-order valence-corrected chi connectivity index (χ2v) is 10.5. The van der Waals surface area contributed by atoms with E-state index in [1.807, 2.05) is 66.9 Å². The number of carbonyl (C=O) groups excluding carboxylic acids is 1. The molecular formula is C34H29N7O. The maximum Gasteiger partial charge on any atom is 0.228 e. The van der Waals surface area contributed by atoms with Crippen LogP contribution in [0.1, 0.15) is 41.6 Å². The summed E-state index contributed by atoms with van der Waals surface area (Å²) in [5.74, 6) is 0.674. The highest BCUT2D eigenvalue weighted by molar-refractivity contribution is 5.95. The van der Waals surface area contributed by atoms with E-state index in [1.165, 1.54) is 0 Å². The SMILES string of the molecule is CCc1cc(NC(=O)Cc2ccccc2)cc(-c2cnc3n[nH]c(-c4nc5c([nH]4)CCC=C5c4ccccn4)c3c2)c1. The zero-order valence-electron chi connectivity index (χ0n) is 23.2. The number of nitrogens with one attached hydrogen (secondary N) is 3. The van der Waals surface area contributed by atoms with Gasteiger partial charge < -0.3 is 10.3 Å². The summed E-state index contributed by atoms with van der Waals surface area (Å²) in [5.41, 5.74) is 10.2. The largest absolute Gasteiger partial charge is 0.340 e. The van der Waals surface area contributed by atoms with E-state index >= 15 is 0 Å². The lowest BCUT2D eigenvalue weighted by Gasteiger charge is -2.11. The van der Waals surface area contributed by atoms with E-state index < -0.39 is 0 Å². The van der Waals surface area contributed by atoms with Gasteiger partial charge in [0, 0.05) is 34.9 Å². The molecule has 3 N–H and O–H groups in total. The van der Waals surface area contributed by atoms with Gasteiger partial charge in [-0.25, -0.2) is 9.97 Å². The Labute approximate surface area is 243 Å². The number of H-pyrrole nitrogens is 2. The molecule has 8 heteroatoms. The van der Waals surface area contributed by atoms with Crippen molar-refractivity contribution in [2.75, 3.05) is 5.32 Å². The minimum Gasteiger partial charge on any atom is -0.340 e. The van der Waals surface area contributed by atoms with E-state index in [-0.39, 0.29) is 5.91 Å². The van der Waals surface area contributed by atoms with Gasteiger partial charge in [-0.15, -0.1) is 0 Å². The fourth-order valence-corrected chi connectivity index (χ4v) is 5.50. The molecular weight excluding hydrogens is 522 g/mol. The summed E-state index contributed by atoms with van der Waals surface area (Å²) in [6.45, 7) is 2.11. The van der Waals surface area contributed by atoms with E-state index in [9.17, 15) is 4.79 Å². The predicted octanol–water partition coefficient (Wildman–Crippen LogP) is 6.53. The van der Waals surface area contributed by atoms with Crippen molar-refractivity contribution in [3.8, 4) is 22.6 Å². The zero-order chi connectivity index (χ0) is 28.5. The number of hydrogen-bond donors (Lipinski definition) is 3. The number of nitrogens with zero attached hydrogens (tertiary/aromatic N) is 4. The first kappa shape index (κ1) is 25.6. The summed E-state index contributed by atoms with van der Waals surface area (Å²) < 4.78 is 0. The van der Waals surface area contributed by atoms with Crippen molar-refractivity contribution < 1.29 is 4.79 Å². The number of hydrogen-bond acceptors (Lipinski definition) is 5. The van der Waals surface area contributed by atoms with Gasteiger partial charge in [-0.1, -0.05) is 55.5 Å². The zero-order valence-corrected chi connectivity index (χ0v) is 23.2. The number of pyridine rings is 2. The summed E-state index contributed by atoms with van der Waals surface area (Å²) in [4.78, 5) is 30.6. The third-order valence-electron chi connectivity index (χ3n) is 7.59. The Balaban J connectivity index is 1.22. The fraction of sp³-hybridized carbons (Fsp3) is 0.147. The van der Waals surface area contributed by atoms with Crippen LogP contribution in [-0.2, 0) is 24.1 Å². The quantitative estimate of drug-likeness (QED) is 0.209. The van der Waals surface area contributed by atoms with Crippen molar-refractivity contribution in [3.05, 3.63) is 119 Å². The molecule has 0 bridgehead atoms. The molecule has 0 spiro atoms. The Kier molecular flexibility index (Phi) is 6.64. The first-order valence-electron chi connectivity index (χ1n) is 14.2. The summed E-state index contributed by atoms with van der Waals surface area (Å²) >= 11 is 0. The normalized spacial score (nSPS) is 12.6. The number of aromatic amines is 2. The van der Waals surface area contributed by atoms with Crippen LogP contribution in [0.2, 0.25) is 0 Å². The molecule has 0 saturated heterocycles. The number of amides is 1. The van der Waals surface area contributed by atoms with Gasteiger partial charge in [-0.3, -0.25) is 14.9 Å². The second kappa shape index (κ2) is 10.9. The molecule has 0 unspecified atom stereocenters.